The van der Waals surface area contributed by atoms with E-state index < -0.39 is 95.6 Å². The SMILES string of the molecule is C#CC[C@H](NC(=O)[C@H](C)NC)C(=O)N1C[C@@H](NC(=O)c2cnc(C(=O)N[C@H]3C[C@@H](C(=O)N[C@@H]4CCCc5ccccc54)N(C(=O)[C@H](CC#C)NC(=O)[C@H](C)NC)C3)cn2)C[C@H]1C(=O)N[C@@H]1CCCc2ccccc21.Cl.Cl.Cl.Cl. The Kier molecular flexibility index (Phi) is 25.8. The molecular formula is C54H70Cl4N12O8. The first-order chi connectivity index (χ1) is 35.6. The van der Waals surface area contributed by atoms with Gasteiger partial charge in [-0.25, -0.2) is 9.97 Å². The molecule has 1 aromatic heterocycles. The molecule has 2 aliphatic heterocycles. The molecule has 3 heterocycles. The molecule has 20 nitrogen and oxygen atoms in total. The van der Waals surface area contributed by atoms with Gasteiger partial charge in [0.15, 0.2) is 0 Å². The Morgan fingerprint density at radius 3 is 1.31 bits per heavy atom. The van der Waals surface area contributed by atoms with Crippen LogP contribution in [0.3, 0.4) is 0 Å². The maximum Gasteiger partial charge on any atom is 0.271 e. The molecule has 0 radical (unpaired) electrons. The highest BCUT2D eigenvalue weighted by Crippen LogP contribution is 2.32. The van der Waals surface area contributed by atoms with Crippen LogP contribution in [0.25, 0.3) is 0 Å². The quantitative estimate of drug-likeness (QED) is 0.0853. The van der Waals surface area contributed by atoms with Crippen molar-refractivity contribution in [2.45, 2.75) is 138 Å². The monoisotopic (exact) mass is 1150 g/mol. The third-order valence-corrected chi connectivity index (χ3v) is 14.5. The van der Waals surface area contributed by atoms with Crippen LogP contribution >= 0.6 is 49.6 Å². The van der Waals surface area contributed by atoms with Gasteiger partial charge in [-0.1, -0.05) is 48.5 Å². The number of nitrogens with one attached hydrogen (secondary N) is 8. The number of amides is 8. The summed E-state index contributed by atoms with van der Waals surface area (Å²) in [6, 6.07) is 8.08. The van der Waals surface area contributed by atoms with E-state index in [2.05, 4.69) is 64.3 Å². The number of terminal acetylenes is 2. The summed E-state index contributed by atoms with van der Waals surface area (Å²) in [5.74, 6) is 0.626. The standard InChI is InChI=1S/C54H66N12O8.4ClH/c1-7-15-41(63-47(67)31(3)55-5)53(73)65-29-35(25-45(65)51(71)61-39-23-13-19-33-17-9-11-21-37(33)39)59-49(69)43-27-58-44(28-57-43)50(70)60-36-26-46(52(72)62-40-24-14-20-34-18-10-12-22-38(34)40)66(30-36)54(74)42(16-8-2)64-48(68)32(4)56-6;;;;/h1-2,9-12,17-18,21-22,27-28,31-32,35-36,39-42,45-46,55-56H,13-16,19-20,23-26,29-30H2,3-6H3,(H,59,69)(H,60,70)(H,61,71)(H,62,72)(H,63,67)(H,64,68);4*1H/t31-,32-,35-,36-,39+,40+,41-,42-,45-,46-;;;;/m0..../s1. The number of rotatable bonds is 18. The first-order valence-electron chi connectivity index (χ1n) is 25.3. The van der Waals surface area contributed by atoms with Crippen molar-refractivity contribution in [3.8, 4) is 24.7 Å². The fraction of sp³-hybridized carbons (Fsp3) is 0.481. The van der Waals surface area contributed by atoms with Crippen LogP contribution in [0.2, 0.25) is 0 Å². The van der Waals surface area contributed by atoms with Crippen LogP contribution in [0, 0.1) is 24.7 Å². The number of likely N-dealkylation sites (N-methyl/N-ethyl adjacent to an activating group) is 2. The molecular weight excluding hydrogens is 1090 g/mol. The van der Waals surface area contributed by atoms with E-state index in [-0.39, 0.29) is 112 Å². The highest BCUT2D eigenvalue weighted by Gasteiger charge is 2.45. The molecule has 24 heteroatoms. The predicted octanol–water partition coefficient (Wildman–Crippen LogP) is 2.18. The van der Waals surface area contributed by atoms with Crippen molar-refractivity contribution in [3.63, 3.8) is 0 Å². The molecule has 8 amide bonds. The minimum Gasteiger partial charge on any atom is -0.347 e. The lowest BCUT2D eigenvalue weighted by molar-refractivity contribution is -0.141. The van der Waals surface area contributed by atoms with E-state index in [1.54, 1.807) is 27.9 Å². The number of halogens is 4. The molecule has 3 aromatic rings. The zero-order valence-corrected chi connectivity index (χ0v) is 47.1. The molecule has 7 rings (SSSR count). The summed E-state index contributed by atoms with van der Waals surface area (Å²) in [5.41, 5.74) is 3.96. The largest absolute Gasteiger partial charge is 0.347 e. The smallest absolute Gasteiger partial charge is 0.271 e. The third kappa shape index (κ3) is 15.8. The molecule has 0 unspecified atom stereocenters. The van der Waals surface area contributed by atoms with Crippen molar-refractivity contribution in [1.82, 2.24) is 62.3 Å². The van der Waals surface area contributed by atoms with E-state index in [1.807, 2.05) is 48.5 Å². The minimum absolute atomic E-state index is 0. The lowest BCUT2D eigenvalue weighted by atomic mass is 9.87. The van der Waals surface area contributed by atoms with Gasteiger partial charge in [-0.3, -0.25) is 38.4 Å². The Hall–Kier alpha value is -6.52. The molecule has 10 atom stereocenters. The van der Waals surface area contributed by atoms with E-state index in [1.165, 1.54) is 9.80 Å². The van der Waals surface area contributed by atoms with E-state index in [0.717, 1.165) is 60.3 Å². The second-order valence-corrected chi connectivity index (χ2v) is 19.4. The van der Waals surface area contributed by atoms with Crippen molar-refractivity contribution >= 4 is 96.9 Å². The summed E-state index contributed by atoms with van der Waals surface area (Å²) in [7, 11) is 3.21. The molecule has 422 valence electrons. The fourth-order valence-corrected chi connectivity index (χ4v) is 10.2. The van der Waals surface area contributed by atoms with Crippen LogP contribution in [0.4, 0.5) is 0 Å². The van der Waals surface area contributed by atoms with E-state index in [4.69, 9.17) is 12.8 Å². The van der Waals surface area contributed by atoms with Crippen LogP contribution in [0.1, 0.15) is 121 Å². The summed E-state index contributed by atoms with van der Waals surface area (Å²) < 4.78 is 0. The van der Waals surface area contributed by atoms with Gasteiger partial charge in [-0.05, 0) is 102 Å². The Morgan fingerprint density at radius 1 is 0.590 bits per heavy atom. The number of hydrogen-bond acceptors (Lipinski definition) is 12. The average molecular weight is 1160 g/mol. The zero-order valence-electron chi connectivity index (χ0n) is 43.9. The van der Waals surface area contributed by atoms with E-state index in [0.29, 0.717) is 12.8 Å². The number of fused-ring (bicyclic) bond motifs is 2. The van der Waals surface area contributed by atoms with Crippen molar-refractivity contribution in [3.05, 3.63) is 94.6 Å². The Morgan fingerprint density at radius 2 is 0.962 bits per heavy atom. The second kappa shape index (κ2) is 30.6. The number of aryl methyl sites for hydroxylation is 2. The predicted molar refractivity (Wildman–Crippen MR) is 302 cm³/mol. The van der Waals surface area contributed by atoms with Crippen molar-refractivity contribution in [2.24, 2.45) is 0 Å². The van der Waals surface area contributed by atoms with Crippen molar-refractivity contribution < 1.29 is 38.4 Å². The summed E-state index contributed by atoms with van der Waals surface area (Å²) in [6.07, 6.45) is 18.2. The second-order valence-electron chi connectivity index (χ2n) is 19.4. The number of carbonyl (C=O) groups is 8. The molecule has 0 spiro atoms. The zero-order chi connectivity index (χ0) is 53.1. The molecule has 2 fully saturated rings. The number of benzene rings is 2. The minimum atomic E-state index is -1.14. The maximum atomic E-state index is 14.2. The van der Waals surface area contributed by atoms with Crippen LogP contribution in [-0.2, 0) is 41.6 Å². The Bertz CT molecular complexity index is 2530. The highest BCUT2D eigenvalue weighted by molar-refractivity contribution is 5.97. The first-order valence-corrected chi connectivity index (χ1v) is 25.3. The summed E-state index contributed by atoms with van der Waals surface area (Å²) in [5, 5.41) is 23.1. The maximum absolute atomic E-state index is 14.2. The van der Waals surface area contributed by atoms with Gasteiger partial charge in [0.1, 0.15) is 35.6 Å². The van der Waals surface area contributed by atoms with Crippen molar-refractivity contribution in [1.29, 1.82) is 0 Å². The van der Waals surface area contributed by atoms with Crippen LogP contribution in [0.5, 0.6) is 0 Å². The van der Waals surface area contributed by atoms with Gasteiger partial charge in [0, 0.05) is 38.0 Å². The number of hydrogen-bond donors (Lipinski definition) is 8. The average Bonchev–Trinajstić information content (AvgIpc) is 4.06. The van der Waals surface area contributed by atoms with E-state index >= 15 is 0 Å². The van der Waals surface area contributed by atoms with E-state index in [9.17, 15) is 38.4 Å². The summed E-state index contributed by atoms with van der Waals surface area (Å²) in [4.78, 5) is 121. The molecule has 0 bridgehead atoms. The number of carbonyl (C=O) groups excluding carboxylic acids is 8. The first kappa shape index (κ1) is 65.8. The molecule has 2 aromatic carbocycles. The summed E-state index contributed by atoms with van der Waals surface area (Å²) in [6.45, 7) is 3.08. The van der Waals surface area contributed by atoms with Gasteiger partial charge >= 0.3 is 0 Å². The fourth-order valence-electron chi connectivity index (χ4n) is 10.2. The summed E-state index contributed by atoms with van der Waals surface area (Å²) >= 11 is 0. The van der Waals surface area contributed by atoms with Gasteiger partial charge in [-0.2, -0.15) is 0 Å². The molecule has 2 saturated heterocycles. The third-order valence-electron chi connectivity index (χ3n) is 14.5. The lowest BCUT2D eigenvalue weighted by Crippen LogP contribution is -2.55. The molecule has 2 aliphatic carbocycles. The topological polar surface area (TPSA) is 265 Å². The molecule has 8 N–H and O–H groups in total. The number of aromatic nitrogens is 2. The molecule has 0 saturated carbocycles. The molecule has 78 heavy (non-hydrogen) atoms. The van der Waals surface area contributed by atoms with Crippen LogP contribution in [0.15, 0.2) is 60.9 Å². The Balaban J connectivity index is 0.00000400. The number of likely N-dealkylation sites (tertiary alicyclic amines) is 2. The molecule has 4 aliphatic rings. The van der Waals surface area contributed by atoms with Gasteiger partial charge in [0.05, 0.1) is 36.6 Å². The lowest BCUT2D eigenvalue weighted by Gasteiger charge is -2.31. The highest BCUT2D eigenvalue weighted by atomic mass is 35.5. The van der Waals surface area contributed by atoms with Gasteiger partial charge in [-0.15, -0.1) is 74.3 Å². The van der Waals surface area contributed by atoms with Crippen LogP contribution < -0.4 is 42.5 Å². The normalized spacial score (nSPS) is 21.3. The number of nitrogens with zero attached hydrogens (tertiary/aromatic N) is 4. The van der Waals surface area contributed by atoms with Crippen LogP contribution in [-0.4, -0.2) is 143 Å². The Labute approximate surface area is 480 Å². The van der Waals surface area contributed by atoms with Gasteiger partial charge in [0.2, 0.25) is 35.4 Å². The van der Waals surface area contributed by atoms with Gasteiger partial charge < -0.3 is 52.3 Å². The van der Waals surface area contributed by atoms with Gasteiger partial charge in [0.25, 0.3) is 11.8 Å². The van der Waals surface area contributed by atoms with Crippen molar-refractivity contribution in [2.75, 3.05) is 27.2 Å².